The van der Waals surface area contributed by atoms with E-state index in [1.165, 1.54) is 5.57 Å². The summed E-state index contributed by atoms with van der Waals surface area (Å²) in [5.74, 6) is 0.202. The standard InChI is InChI=1S/C33H47F7O2/c1-22-23(10-6-12-26(22)34)13-14-24-11-7-20-30(5)25(24)15-16-27(30)29(4,18-8-17-28(2,3)41)19-9-21-31(42,32(35,36)37)33(38,39)40/h9,13-14,21,25-27,41-42H,1,6-8,10-12,15-20H2,2-5H3/b21-9-,23-13-,24-14+/t25?,26?,27?,29-,30?/m0/s1. The van der Waals surface area contributed by atoms with Crippen LogP contribution in [-0.4, -0.2) is 39.9 Å². The van der Waals surface area contributed by atoms with E-state index in [4.69, 9.17) is 0 Å². The number of aliphatic hydroxyl groups is 2. The SMILES string of the molecule is C=C1/C(=C\C=C2/CCCC3(C)C2CCC3[C@](C)(C/C=C\C(O)(C(F)(F)F)C(F)(F)F)CCCC(C)(C)O)CCCC1F. The van der Waals surface area contributed by atoms with Crippen molar-refractivity contribution in [2.24, 2.45) is 22.7 Å². The Balaban J connectivity index is 1.93. The fraction of sp³-hybridized carbons (Fsp3) is 0.758. The Morgan fingerprint density at radius 2 is 1.55 bits per heavy atom. The Morgan fingerprint density at radius 3 is 2.14 bits per heavy atom. The second-order valence-electron chi connectivity index (χ2n) is 14.0. The fourth-order valence-electron chi connectivity index (χ4n) is 7.98. The summed E-state index contributed by atoms with van der Waals surface area (Å²) >= 11 is 0. The monoisotopic (exact) mass is 608 g/mol. The van der Waals surface area contributed by atoms with E-state index in [1.807, 2.05) is 13.0 Å². The molecule has 0 amide bonds. The van der Waals surface area contributed by atoms with Crippen molar-refractivity contribution in [2.75, 3.05) is 0 Å². The third-order valence-corrected chi connectivity index (χ3v) is 10.3. The first-order valence-electron chi connectivity index (χ1n) is 15.1. The summed E-state index contributed by atoms with van der Waals surface area (Å²) in [6.45, 7) is 11.4. The highest BCUT2D eigenvalue weighted by atomic mass is 19.4. The van der Waals surface area contributed by atoms with Gasteiger partial charge in [-0.05, 0) is 124 Å². The summed E-state index contributed by atoms with van der Waals surface area (Å²) in [7, 11) is 0. The smallest absolute Gasteiger partial charge is 0.390 e. The molecule has 9 heteroatoms. The molecule has 2 nitrogen and oxygen atoms in total. The lowest BCUT2D eigenvalue weighted by atomic mass is 9.55. The van der Waals surface area contributed by atoms with Crippen molar-refractivity contribution in [3.63, 3.8) is 0 Å². The zero-order valence-corrected chi connectivity index (χ0v) is 25.3. The summed E-state index contributed by atoms with van der Waals surface area (Å²) in [4.78, 5) is 0. The molecule has 0 saturated heterocycles. The molecular weight excluding hydrogens is 561 g/mol. The van der Waals surface area contributed by atoms with E-state index in [-0.39, 0.29) is 29.7 Å². The van der Waals surface area contributed by atoms with Crippen molar-refractivity contribution in [1.29, 1.82) is 0 Å². The largest absolute Gasteiger partial charge is 0.429 e. The Kier molecular flexibility index (Phi) is 10.3. The van der Waals surface area contributed by atoms with Crippen LogP contribution >= 0.6 is 0 Å². The number of alkyl halides is 7. The maximum atomic E-state index is 14.2. The molecule has 42 heavy (non-hydrogen) atoms. The number of fused-ring (bicyclic) bond motifs is 1. The maximum Gasteiger partial charge on any atom is 0.429 e. The highest BCUT2D eigenvalue weighted by molar-refractivity contribution is 5.38. The molecule has 3 aliphatic carbocycles. The van der Waals surface area contributed by atoms with E-state index < -0.39 is 35.1 Å². The molecule has 0 aromatic rings. The Bertz CT molecular complexity index is 1050. The van der Waals surface area contributed by atoms with Crippen LogP contribution in [0.25, 0.3) is 0 Å². The van der Waals surface area contributed by atoms with Crippen LogP contribution in [0.1, 0.15) is 105 Å². The lowest BCUT2D eigenvalue weighted by molar-refractivity contribution is -0.347. The van der Waals surface area contributed by atoms with Crippen LogP contribution in [0, 0.1) is 22.7 Å². The van der Waals surface area contributed by atoms with Crippen molar-refractivity contribution >= 4 is 0 Å². The third kappa shape index (κ3) is 7.36. The summed E-state index contributed by atoms with van der Waals surface area (Å²) in [6.07, 6.45) is -0.282. The van der Waals surface area contributed by atoms with Crippen LogP contribution in [0.3, 0.4) is 0 Å². The van der Waals surface area contributed by atoms with Gasteiger partial charge in [-0.15, -0.1) is 0 Å². The highest BCUT2D eigenvalue weighted by Gasteiger charge is 2.69. The predicted molar refractivity (Wildman–Crippen MR) is 151 cm³/mol. The number of allylic oxidation sites excluding steroid dienone is 6. The Labute approximate surface area is 245 Å². The van der Waals surface area contributed by atoms with Gasteiger partial charge in [0, 0.05) is 0 Å². The summed E-state index contributed by atoms with van der Waals surface area (Å²) in [5, 5.41) is 20.0. The van der Waals surface area contributed by atoms with Gasteiger partial charge in [0.15, 0.2) is 0 Å². The molecule has 2 N–H and O–H groups in total. The van der Waals surface area contributed by atoms with Crippen molar-refractivity contribution in [3.05, 3.63) is 47.6 Å². The van der Waals surface area contributed by atoms with Crippen LogP contribution in [0.15, 0.2) is 47.6 Å². The van der Waals surface area contributed by atoms with Crippen LogP contribution in [-0.2, 0) is 0 Å². The first kappa shape index (κ1) is 34.9. The van der Waals surface area contributed by atoms with E-state index in [1.54, 1.807) is 13.8 Å². The van der Waals surface area contributed by atoms with E-state index in [2.05, 4.69) is 19.6 Å². The van der Waals surface area contributed by atoms with E-state index in [0.29, 0.717) is 31.3 Å². The third-order valence-electron chi connectivity index (χ3n) is 10.3. The summed E-state index contributed by atoms with van der Waals surface area (Å²) in [6, 6.07) is 0. The Morgan fingerprint density at radius 1 is 0.905 bits per heavy atom. The average Bonchev–Trinajstić information content (AvgIpc) is 3.21. The van der Waals surface area contributed by atoms with Crippen molar-refractivity contribution < 1.29 is 40.9 Å². The number of rotatable bonds is 9. The van der Waals surface area contributed by atoms with Crippen molar-refractivity contribution in [3.8, 4) is 0 Å². The van der Waals surface area contributed by atoms with E-state index >= 15 is 0 Å². The van der Waals surface area contributed by atoms with Gasteiger partial charge in [0.25, 0.3) is 5.60 Å². The molecule has 0 heterocycles. The van der Waals surface area contributed by atoms with Gasteiger partial charge in [0.1, 0.15) is 6.17 Å². The molecule has 3 fully saturated rings. The van der Waals surface area contributed by atoms with Crippen molar-refractivity contribution in [2.45, 2.75) is 134 Å². The number of hydrogen-bond acceptors (Lipinski definition) is 2. The zero-order valence-electron chi connectivity index (χ0n) is 25.3. The van der Waals surface area contributed by atoms with Crippen LogP contribution < -0.4 is 0 Å². The van der Waals surface area contributed by atoms with Gasteiger partial charge in [0.2, 0.25) is 0 Å². The minimum Gasteiger partial charge on any atom is -0.390 e. The summed E-state index contributed by atoms with van der Waals surface area (Å²) < 4.78 is 94.3. The Hall–Kier alpha value is -1.61. The topological polar surface area (TPSA) is 40.5 Å². The lowest BCUT2D eigenvalue weighted by Gasteiger charge is -2.49. The minimum atomic E-state index is -5.91. The minimum absolute atomic E-state index is 0.00235. The number of halogens is 7. The van der Waals surface area contributed by atoms with Gasteiger partial charge in [-0.3, -0.25) is 0 Å². The molecule has 4 unspecified atom stereocenters. The molecule has 5 atom stereocenters. The van der Waals surface area contributed by atoms with Crippen LogP contribution in [0.5, 0.6) is 0 Å². The quantitative estimate of drug-likeness (QED) is 0.202. The van der Waals surface area contributed by atoms with Gasteiger partial charge in [-0.1, -0.05) is 50.6 Å². The van der Waals surface area contributed by atoms with Crippen LogP contribution in [0.2, 0.25) is 0 Å². The van der Waals surface area contributed by atoms with E-state index in [0.717, 1.165) is 56.6 Å². The van der Waals surface area contributed by atoms with Crippen molar-refractivity contribution in [1.82, 2.24) is 0 Å². The molecule has 3 saturated carbocycles. The van der Waals surface area contributed by atoms with Crippen LogP contribution in [0.4, 0.5) is 30.7 Å². The predicted octanol–water partition coefficient (Wildman–Crippen LogP) is 9.88. The number of hydrogen-bond donors (Lipinski definition) is 2. The van der Waals surface area contributed by atoms with E-state index in [9.17, 15) is 40.9 Å². The average molecular weight is 609 g/mol. The van der Waals surface area contributed by atoms with Gasteiger partial charge in [0.05, 0.1) is 5.60 Å². The highest BCUT2D eigenvalue weighted by Crippen LogP contribution is 2.64. The molecule has 240 valence electrons. The molecule has 0 aromatic heterocycles. The zero-order chi connectivity index (χ0) is 31.8. The van der Waals surface area contributed by atoms with Gasteiger partial charge in [-0.25, -0.2) is 4.39 Å². The van der Waals surface area contributed by atoms with Gasteiger partial charge >= 0.3 is 12.4 Å². The van der Waals surface area contributed by atoms with Gasteiger partial charge in [-0.2, -0.15) is 26.3 Å². The second kappa shape index (κ2) is 12.4. The molecule has 0 bridgehead atoms. The normalized spacial score (nSPS) is 31.6. The fourth-order valence-corrected chi connectivity index (χ4v) is 7.98. The first-order valence-corrected chi connectivity index (χ1v) is 15.1. The lowest BCUT2D eigenvalue weighted by Crippen LogP contribution is -2.55. The molecule has 0 spiro atoms. The first-order chi connectivity index (χ1) is 19.1. The molecule has 3 aliphatic rings. The van der Waals surface area contributed by atoms with Gasteiger partial charge < -0.3 is 10.2 Å². The summed E-state index contributed by atoms with van der Waals surface area (Å²) in [5.41, 5.74) is -4.06. The second-order valence-corrected chi connectivity index (χ2v) is 14.0. The molecule has 0 aliphatic heterocycles. The molecule has 0 radical (unpaired) electrons. The molecule has 3 rings (SSSR count). The maximum absolute atomic E-state index is 14.2. The molecular formula is C33H47F7O2. The molecule has 0 aromatic carbocycles.